The molecule has 0 bridgehead atoms. The fraction of sp³-hybridized carbons (Fsp3) is 0.375. The molecule has 5 nitrogen and oxygen atoms in total. The van der Waals surface area contributed by atoms with E-state index in [9.17, 15) is 9.18 Å². The molecule has 0 fully saturated rings. The van der Waals surface area contributed by atoms with Gasteiger partial charge in [-0.1, -0.05) is 0 Å². The molecule has 2 rings (SSSR count). The first kappa shape index (κ1) is 17.2. The average molecular weight is 337 g/mol. The highest BCUT2D eigenvalue weighted by atomic mass is 32.1. The fourth-order valence-electron chi connectivity index (χ4n) is 2.20. The SMILES string of the molecule is COc1ccc(F)cc1[C@H](C)NC(=O)NCCc1csc(C)n1. The van der Waals surface area contributed by atoms with E-state index >= 15 is 0 Å². The van der Waals surface area contributed by atoms with Crippen molar-refractivity contribution in [1.82, 2.24) is 15.6 Å². The lowest BCUT2D eigenvalue weighted by Gasteiger charge is -2.17. The van der Waals surface area contributed by atoms with E-state index in [1.54, 1.807) is 24.3 Å². The average Bonchev–Trinajstić information content (AvgIpc) is 2.92. The molecular weight excluding hydrogens is 317 g/mol. The number of rotatable bonds is 6. The summed E-state index contributed by atoms with van der Waals surface area (Å²) in [4.78, 5) is 16.3. The van der Waals surface area contributed by atoms with Gasteiger partial charge in [0.15, 0.2) is 0 Å². The van der Waals surface area contributed by atoms with E-state index in [1.165, 1.54) is 19.2 Å². The topological polar surface area (TPSA) is 63.2 Å². The minimum Gasteiger partial charge on any atom is -0.496 e. The lowest BCUT2D eigenvalue weighted by atomic mass is 10.1. The number of halogens is 1. The normalized spacial score (nSPS) is 11.8. The third-order valence-corrected chi connectivity index (χ3v) is 4.16. The fourth-order valence-corrected chi connectivity index (χ4v) is 2.84. The number of nitrogens with one attached hydrogen (secondary N) is 2. The summed E-state index contributed by atoms with van der Waals surface area (Å²) >= 11 is 1.59. The minimum atomic E-state index is -0.373. The maximum atomic E-state index is 13.4. The molecule has 7 heteroatoms. The molecule has 0 aliphatic carbocycles. The Bertz CT molecular complexity index is 675. The van der Waals surface area contributed by atoms with Crippen LogP contribution in [0.2, 0.25) is 0 Å². The molecule has 0 radical (unpaired) electrons. The van der Waals surface area contributed by atoms with E-state index in [2.05, 4.69) is 15.6 Å². The molecule has 23 heavy (non-hydrogen) atoms. The number of amides is 2. The lowest BCUT2D eigenvalue weighted by Crippen LogP contribution is -2.38. The monoisotopic (exact) mass is 337 g/mol. The lowest BCUT2D eigenvalue weighted by molar-refractivity contribution is 0.237. The molecule has 0 saturated carbocycles. The van der Waals surface area contributed by atoms with Gasteiger partial charge in [-0.15, -0.1) is 11.3 Å². The molecule has 0 unspecified atom stereocenters. The second-order valence-corrected chi connectivity index (χ2v) is 6.18. The van der Waals surface area contributed by atoms with Gasteiger partial charge in [0.05, 0.1) is 23.9 Å². The smallest absolute Gasteiger partial charge is 0.315 e. The van der Waals surface area contributed by atoms with E-state index in [4.69, 9.17) is 4.74 Å². The van der Waals surface area contributed by atoms with Gasteiger partial charge in [0.2, 0.25) is 0 Å². The standard InChI is InChI=1S/C16H20FN3O2S/c1-10(14-8-12(17)4-5-15(14)22-3)19-16(21)18-7-6-13-9-23-11(2)20-13/h4-5,8-10H,6-7H2,1-3H3,(H2,18,19,21)/t10-/m0/s1. The zero-order valence-electron chi connectivity index (χ0n) is 13.4. The number of aromatic nitrogens is 1. The summed E-state index contributed by atoms with van der Waals surface area (Å²) in [5, 5.41) is 8.54. The number of urea groups is 1. The zero-order chi connectivity index (χ0) is 16.8. The number of benzene rings is 1. The highest BCUT2D eigenvalue weighted by Crippen LogP contribution is 2.25. The molecule has 124 valence electrons. The Labute approximate surface area is 138 Å². The predicted octanol–water partition coefficient (Wildman–Crippen LogP) is 3.20. The van der Waals surface area contributed by atoms with E-state index in [0.29, 0.717) is 24.3 Å². The van der Waals surface area contributed by atoms with Crippen LogP contribution in [0.25, 0.3) is 0 Å². The number of thiazole rings is 1. The van der Waals surface area contributed by atoms with Crippen molar-refractivity contribution in [3.8, 4) is 5.75 Å². The molecular formula is C16H20FN3O2S. The van der Waals surface area contributed by atoms with Crippen molar-refractivity contribution >= 4 is 17.4 Å². The van der Waals surface area contributed by atoms with Crippen LogP contribution in [0, 0.1) is 12.7 Å². The molecule has 1 heterocycles. The van der Waals surface area contributed by atoms with E-state index in [0.717, 1.165) is 10.7 Å². The highest BCUT2D eigenvalue weighted by Gasteiger charge is 2.14. The summed E-state index contributed by atoms with van der Waals surface area (Å²) in [5.74, 6) is 0.172. The summed E-state index contributed by atoms with van der Waals surface area (Å²) in [6.07, 6.45) is 0.676. The van der Waals surface area contributed by atoms with Crippen molar-refractivity contribution in [2.75, 3.05) is 13.7 Å². The number of methoxy groups -OCH3 is 1. The van der Waals surface area contributed by atoms with Gasteiger partial charge in [-0.25, -0.2) is 14.2 Å². The highest BCUT2D eigenvalue weighted by molar-refractivity contribution is 7.09. The summed E-state index contributed by atoms with van der Waals surface area (Å²) in [6.45, 7) is 4.21. The minimum absolute atomic E-state index is 0.309. The van der Waals surface area contributed by atoms with Gasteiger partial charge in [0.25, 0.3) is 0 Å². The van der Waals surface area contributed by atoms with Gasteiger partial charge in [-0.05, 0) is 32.0 Å². The summed E-state index contributed by atoms with van der Waals surface area (Å²) in [7, 11) is 1.51. The molecule has 1 aromatic carbocycles. The first-order valence-corrected chi connectivity index (χ1v) is 8.16. The van der Waals surface area contributed by atoms with Crippen molar-refractivity contribution in [2.24, 2.45) is 0 Å². The number of hydrogen-bond acceptors (Lipinski definition) is 4. The van der Waals surface area contributed by atoms with E-state index < -0.39 is 0 Å². The molecule has 2 amide bonds. The van der Waals surface area contributed by atoms with E-state index in [1.807, 2.05) is 12.3 Å². The predicted molar refractivity (Wildman–Crippen MR) is 88.5 cm³/mol. The molecule has 0 spiro atoms. The zero-order valence-corrected chi connectivity index (χ0v) is 14.2. The Hall–Kier alpha value is -2.15. The second-order valence-electron chi connectivity index (χ2n) is 5.12. The van der Waals surface area contributed by atoms with Crippen LogP contribution in [0.4, 0.5) is 9.18 Å². The van der Waals surface area contributed by atoms with Crippen LogP contribution in [0.5, 0.6) is 5.75 Å². The number of carbonyl (C=O) groups excluding carboxylic acids is 1. The molecule has 0 aliphatic heterocycles. The van der Waals surface area contributed by atoms with Gasteiger partial charge in [-0.2, -0.15) is 0 Å². The van der Waals surface area contributed by atoms with Crippen LogP contribution < -0.4 is 15.4 Å². The van der Waals surface area contributed by atoms with Crippen molar-refractivity contribution in [3.05, 3.63) is 45.7 Å². The Morgan fingerprint density at radius 2 is 2.26 bits per heavy atom. The quantitative estimate of drug-likeness (QED) is 0.851. The van der Waals surface area contributed by atoms with Gasteiger partial charge in [0, 0.05) is 23.9 Å². The summed E-state index contributed by atoms with van der Waals surface area (Å²) < 4.78 is 18.6. The van der Waals surface area contributed by atoms with Gasteiger partial charge in [0.1, 0.15) is 11.6 Å². The number of hydrogen-bond donors (Lipinski definition) is 2. The van der Waals surface area contributed by atoms with Gasteiger partial charge < -0.3 is 15.4 Å². The maximum Gasteiger partial charge on any atom is 0.315 e. The number of ether oxygens (including phenoxy) is 1. The van der Waals surface area contributed by atoms with Crippen molar-refractivity contribution < 1.29 is 13.9 Å². The summed E-state index contributed by atoms with van der Waals surface area (Å²) in [6, 6.07) is 3.55. The Kier molecular flexibility index (Phi) is 5.92. The maximum absolute atomic E-state index is 13.4. The third-order valence-electron chi connectivity index (χ3n) is 3.34. The van der Waals surface area contributed by atoms with Gasteiger partial charge in [-0.3, -0.25) is 0 Å². The molecule has 0 aliphatic rings. The van der Waals surface area contributed by atoms with Crippen molar-refractivity contribution in [1.29, 1.82) is 0 Å². The molecule has 2 N–H and O–H groups in total. The van der Waals surface area contributed by atoms with Crippen LogP contribution in [-0.2, 0) is 6.42 Å². The number of nitrogens with zero attached hydrogens (tertiary/aromatic N) is 1. The largest absolute Gasteiger partial charge is 0.496 e. The van der Waals surface area contributed by atoms with Gasteiger partial charge >= 0.3 is 6.03 Å². The van der Waals surface area contributed by atoms with Crippen LogP contribution >= 0.6 is 11.3 Å². The van der Waals surface area contributed by atoms with E-state index in [-0.39, 0.29) is 17.9 Å². The van der Waals surface area contributed by atoms with Crippen LogP contribution in [0.15, 0.2) is 23.6 Å². The Balaban J connectivity index is 1.86. The van der Waals surface area contributed by atoms with Crippen LogP contribution in [-0.4, -0.2) is 24.7 Å². The first-order valence-electron chi connectivity index (χ1n) is 7.28. The molecule has 1 atom stereocenters. The Morgan fingerprint density at radius 1 is 1.48 bits per heavy atom. The number of carbonyl (C=O) groups is 1. The van der Waals surface area contributed by atoms with Crippen LogP contribution in [0.3, 0.4) is 0 Å². The molecule has 0 saturated heterocycles. The molecule has 2 aromatic rings. The van der Waals surface area contributed by atoms with Crippen molar-refractivity contribution in [2.45, 2.75) is 26.3 Å². The van der Waals surface area contributed by atoms with Crippen LogP contribution in [0.1, 0.15) is 29.2 Å². The second kappa shape index (κ2) is 7.92. The first-order chi connectivity index (χ1) is 11.0. The molecule has 1 aromatic heterocycles. The van der Waals surface area contributed by atoms with Crippen molar-refractivity contribution in [3.63, 3.8) is 0 Å². The third kappa shape index (κ3) is 4.92. The number of aryl methyl sites for hydroxylation is 1. The Morgan fingerprint density at radius 3 is 2.91 bits per heavy atom. The summed E-state index contributed by atoms with van der Waals surface area (Å²) in [5.41, 5.74) is 1.56.